The summed E-state index contributed by atoms with van der Waals surface area (Å²) in [6, 6.07) is 17.9. The molecule has 1 saturated heterocycles. The van der Waals surface area contributed by atoms with Crippen LogP contribution in [-0.4, -0.2) is 24.5 Å². The maximum Gasteiger partial charge on any atom is 0.224 e. The Kier molecular flexibility index (Phi) is 5.05. The lowest BCUT2D eigenvalue weighted by molar-refractivity contribution is -0.117. The van der Waals surface area contributed by atoms with E-state index >= 15 is 0 Å². The number of anilines is 3. The fourth-order valence-electron chi connectivity index (χ4n) is 4.90. The molecule has 4 rings (SSSR count). The van der Waals surface area contributed by atoms with Crippen molar-refractivity contribution in [1.82, 2.24) is 0 Å². The molecule has 148 valence electrons. The first-order chi connectivity index (χ1) is 13.5. The van der Waals surface area contributed by atoms with E-state index in [0.717, 1.165) is 17.9 Å². The van der Waals surface area contributed by atoms with Crippen molar-refractivity contribution >= 4 is 23.0 Å². The number of carbonyl (C=O) groups is 1. The molecule has 2 aliphatic rings. The van der Waals surface area contributed by atoms with Crippen LogP contribution in [-0.2, 0) is 4.79 Å². The minimum atomic E-state index is 0.112. The van der Waals surface area contributed by atoms with Crippen LogP contribution in [0.2, 0.25) is 0 Å². The van der Waals surface area contributed by atoms with Crippen molar-refractivity contribution in [2.24, 2.45) is 5.92 Å². The number of hydrogen-bond acceptors (Lipinski definition) is 3. The summed E-state index contributed by atoms with van der Waals surface area (Å²) in [7, 11) is 0. The van der Waals surface area contributed by atoms with E-state index < -0.39 is 0 Å². The van der Waals surface area contributed by atoms with Crippen LogP contribution >= 0.6 is 0 Å². The van der Waals surface area contributed by atoms with Gasteiger partial charge in [-0.1, -0.05) is 25.1 Å². The van der Waals surface area contributed by atoms with E-state index in [-0.39, 0.29) is 18.0 Å². The zero-order valence-corrected chi connectivity index (χ0v) is 17.4. The Balaban J connectivity index is 1.79. The largest absolute Gasteiger partial charge is 0.378 e. The average molecular weight is 378 g/mol. The first-order valence-corrected chi connectivity index (χ1v) is 10.5. The lowest BCUT2D eigenvalue weighted by atomic mass is 9.82. The van der Waals surface area contributed by atoms with Gasteiger partial charge in [0.15, 0.2) is 0 Å². The van der Waals surface area contributed by atoms with E-state index in [0.29, 0.717) is 12.0 Å². The number of fused-ring (bicyclic) bond motifs is 1. The monoisotopic (exact) mass is 377 g/mol. The molecule has 1 fully saturated rings. The molecule has 1 amide bonds. The summed E-state index contributed by atoms with van der Waals surface area (Å²) in [5.74, 6) is 0.406. The van der Waals surface area contributed by atoms with E-state index in [4.69, 9.17) is 0 Å². The van der Waals surface area contributed by atoms with Gasteiger partial charge in [0.05, 0.1) is 6.04 Å². The third-order valence-electron chi connectivity index (χ3n) is 6.62. The third-order valence-corrected chi connectivity index (χ3v) is 6.62. The second-order valence-electron chi connectivity index (χ2n) is 8.40. The molecular weight excluding hydrogens is 346 g/mol. The van der Waals surface area contributed by atoms with Crippen molar-refractivity contribution in [3.8, 4) is 0 Å². The van der Waals surface area contributed by atoms with Crippen LogP contribution < -0.4 is 15.1 Å². The van der Waals surface area contributed by atoms with Gasteiger partial charge in [-0.3, -0.25) is 4.79 Å². The number of carbonyl (C=O) groups excluding carboxylic acids is 1. The second kappa shape index (κ2) is 7.50. The van der Waals surface area contributed by atoms with Crippen LogP contribution in [0.5, 0.6) is 0 Å². The van der Waals surface area contributed by atoms with Gasteiger partial charge in [-0.15, -0.1) is 0 Å². The van der Waals surface area contributed by atoms with Gasteiger partial charge in [-0.05, 0) is 57.0 Å². The van der Waals surface area contributed by atoms with Crippen LogP contribution in [0.4, 0.5) is 17.1 Å². The predicted molar refractivity (Wildman–Crippen MR) is 117 cm³/mol. The van der Waals surface area contributed by atoms with Crippen LogP contribution in [0.1, 0.15) is 52.1 Å². The summed E-state index contributed by atoms with van der Waals surface area (Å²) < 4.78 is 0. The molecule has 4 nitrogen and oxygen atoms in total. The molecule has 1 N–H and O–H groups in total. The second-order valence-corrected chi connectivity index (χ2v) is 8.40. The number of hydrogen-bond donors (Lipinski definition) is 1. The van der Waals surface area contributed by atoms with E-state index in [2.05, 4.69) is 73.5 Å². The number of benzene rings is 2. The highest BCUT2D eigenvalue weighted by atomic mass is 16.2. The van der Waals surface area contributed by atoms with Crippen molar-refractivity contribution in [1.29, 1.82) is 0 Å². The summed E-state index contributed by atoms with van der Waals surface area (Å²) in [6.07, 6.45) is 2.49. The van der Waals surface area contributed by atoms with Gasteiger partial charge in [0, 0.05) is 54.1 Å². The summed E-state index contributed by atoms with van der Waals surface area (Å²) in [5, 5.41) is 3.75. The molecule has 4 heteroatoms. The molecular formula is C24H31N3O. The SMILES string of the molecule is CC(=O)N1c2ccc(N3CCCC3C)cc2C(Nc2ccccc2)C(C)C1C. The Morgan fingerprint density at radius 3 is 2.46 bits per heavy atom. The maximum atomic E-state index is 12.5. The summed E-state index contributed by atoms with van der Waals surface area (Å²) in [6.45, 7) is 9.49. The summed E-state index contributed by atoms with van der Waals surface area (Å²) >= 11 is 0. The molecule has 2 aromatic rings. The quantitative estimate of drug-likeness (QED) is 0.796. The van der Waals surface area contributed by atoms with Gasteiger partial charge in [0.2, 0.25) is 5.91 Å². The zero-order chi connectivity index (χ0) is 19.8. The van der Waals surface area contributed by atoms with Crippen molar-refractivity contribution in [3.63, 3.8) is 0 Å². The molecule has 0 radical (unpaired) electrons. The maximum absolute atomic E-state index is 12.5. The number of rotatable bonds is 3. The van der Waals surface area contributed by atoms with Crippen LogP contribution in [0.15, 0.2) is 48.5 Å². The highest BCUT2D eigenvalue weighted by Gasteiger charge is 2.38. The standard InChI is InChI=1S/C24H31N3O/c1-16-9-8-14-26(16)21-12-13-23-22(15-21)24(25-20-10-6-5-7-11-20)17(2)18(3)27(23)19(4)28/h5-7,10-13,15-18,24-25H,8-9,14H2,1-4H3. The number of nitrogens with one attached hydrogen (secondary N) is 1. The van der Waals surface area contributed by atoms with E-state index in [1.165, 1.54) is 24.1 Å². The first kappa shape index (κ1) is 18.9. The molecule has 0 aliphatic carbocycles. The Morgan fingerprint density at radius 2 is 1.82 bits per heavy atom. The predicted octanol–water partition coefficient (Wildman–Crippen LogP) is 5.22. The van der Waals surface area contributed by atoms with Gasteiger partial charge in [0.25, 0.3) is 0 Å². The molecule has 0 saturated carbocycles. The van der Waals surface area contributed by atoms with E-state index in [1.807, 2.05) is 11.0 Å². The molecule has 2 aromatic carbocycles. The first-order valence-electron chi connectivity index (χ1n) is 10.5. The zero-order valence-electron chi connectivity index (χ0n) is 17.4. The smallest absolute Gasteiger partial charge is 0.224 e. The molecule has 2 heterocycles. The van der Waals surface area contributed by atoms with E-state index in [1.54, 1.807) is 6.92 Å². The van der Waals surface area contributed by atoms with Crippen LogP contribution in [0.25, 0.3) is 0 Å². The van der Waals surface area contributed by atoms with Gasteiger partial charge in [-0.25, -0.2) is 0 Å². The van der Waals surface area contributed by atoms with Gasteiger partial charge >= 0.3 is 0 Å². The molecule has 0 aromatic heterocycles. The van der Waals surface area contributed by atoms with Gasteiger partial charge in [0.1, 0.15) is 0 Å². The number of amides is 1. The third kappa shape index (κ3) is 3.25. The van der Waals surface area contributed by atoms with Crippen LogP contribution in [0.3, 0.4) is 0 Å². The highest BCUT2D eigenvalue weighted by molar-refractivity contribution is 5.94. The summed E-state index contributed by atoms with van der Waals surface area (Å²) in [4.78, 5) is 16.9. The lowest BCUT2D eigenvalue weighted by Crippen LogP contribution is -2.48. The summed E-state index contributed by atoms with van der Waals surface area (Å²) in [5.41, 5.74) is 4.66. The molecule has 4 unspecified atom stereocenters. The fourth-order valence-corrected chi connectivity index (χ4v) is 4.90. The lowest BCUT2D eigenvalue weighted by Gasteiger charge is -2.44. The molecule has 0 bridgehead atoms. The van der Waals surface area contributed by atoms with Crippen LogP contribution in [0, 0.1) is 5.92 Å². The molecule has 0 spiro atoms. The van der Waals surface area contributed by atoms with Crippen molar-refractivity contribution < 1.29 is 4.79 Å². The normalized spacial score (nSPS) is 26.9. The Hall–Kier alpha value is -2.49. The molecule has 28 heavy (non-hydrogen) atoms. The average Bonchev–Trinajstić information content (AvgIpc) is 3.12. The Morgan fingerprint density at radius 1 is 1.07 bits per heavy atom. The topological polar surface area (TPSA) is 35.6 Å². The highest BCUT2D eigenvalue weighted by Crippen LogP contribution is 2.44. The van der Waals surface area contributed by atoms with Crippen molar-refractivity contribution in [2.75, 3.05) is 21.7 Å². The minimum Gasteiger partial charge on any atom is -0.378 e. The fraction of sp³-hybridized carbons (Fsp3) is 0.458. The number of nitrogens with zero attached hydrogens (tertiary/aromatic N) is 2. The molecule has 4 atom stereocenters. The Labute approximate surface area is 168 Å². The van der Waals surface area contributed by atoms with Crippen molar-refractivity contribution in [2.45, 2.75) is 58.7 Å². The molecule has 2 aliphatic heterocycles. The van der Waals surface area contributed by atoms with Crippen molar-refractivity contribution in [3.05, 3.63) is 54.1 Å². The Bertz CT molecular complexity index is 850. The van der Waals surface area contributed by atoms with Gasteiger partial charge in [-0.2, -0.15) is 0 Å². The minimum absolute atomic E-state index is 0.112. The number of para-hydroxylation sites is 1. The van der Waals surface area contributed by atoms with E-state index in [9.17, 15) is 4.79 Å². The van der Waals surface area contributed by atoms with Gasteiger partial charge < -0.3 is 15.1 Å².